The summed E-state index contributed by atoms with van der Waals surface area (Å²) < 4.78 is 0. The Morgan fingerprint density at radius 2 is 2.05 bits per heavy atom. The molecule has 0 radical (unpaired) electrons. The van der Waals surface area contributed by atoms with Gasteiger partial charge in [-0.15, -0.1) is 0 Å². The van der Waals surface area contributed by atoms with E-state index in [4.69, 9.17) is 4.99 Å². The van der Waals surface area contributed by atoms with Crippen LogP contribution in [0.5, 0.6) is 0 Å². The Bertz CT molecular complexity index is 531. The van der Waals surface area contributed by atoms with Gasteiger partial charge in [0.2, 0.25) is 0 Å². The highest BCUT2D eigenvalue weighted by Gasteiger charge is 2.38. The van der Waals surface area contributed by atoms with E-state index in [1.807, 2.05) is 11.8 Å². The first-order chi connectivity index (χ1) is 10.1. The van der Waals surface area contributed by atoms with Crippen LogP contribution in [0, 0.1) is 5.92 Å². The summed E-state index contributed by atoms with van der Waals surface area (Å²) in [6.07, 6.45) is 5.16. The molecule has 0 atom stereocenters. The van der Waals surface area contributed by atoms with Crippen LogP contribution < -0.4 is 10.2 Å². The van der Waals surface area contributed by atoms with Crippen molar-refractivity contribution < 1.29 is 0 Å². The van der Waals surface area contributed by atoms with Gasteiger partial charge in [-0.2, -0.15) is 0 Å². The fourth-order valence-electron chi connectivity index (χ4n) is 3.09. The van der Waals surface area contributed by atoms with Gasteiger partial charge in [-0.3, -0.25) is 4.99 Å². The molecule has 1 heterocycles. The molecule has 2 aliphatic rings. The predicted octanol–water partition coefficient (Wildman–Crippen LogP) is 4.22. The van der Waals surface area contributed by atoms with Crippen LogP contribution in [0.15, 0.2) is 29.3 Å². The molecule has 4 heteroatoms. The molecule has 21 heavy (non-hydrogen) atoms. The van der Waals surface area contributed by atoms with E-state index in [0.717, 1.165) is 22.5 Å². The number of rotatable bonds is 2. The maximum absolute atomic E-state index is 5.04. The number of anilines is 2. The van der Waals surface area contributed by atoms with Crippen LogP contribution in [0.4, 0.5) is 11.4 Å². The fraction of sp³-hybridized carbons (Fsp3) is 0.588. The number of hydrogen-bond donors (Lipinski definition) is 1. The molecule has 114 valence electrons. The summed E-state index contributed by atoms with van der Waals surface area (Å²) in [4.78, 5) is 7.16. The van der Waals surface area contributed by atoms with E-state index in [2.05, 4.69) is 55.5 Å². The molecule has 0 unspecified atom stereocenters. The van der Waals surface area contributed by atoms with Crippen LogP contribution in [-0.2, 0) is 0 Å². The third-order valence-electron chi connectivity index (χ3n) is 4.64. The summed E-state index contributed by atoms with van der Waals surface area (Å²) in [7, 11) is 4.14. The van der Waals surface area contributed by atoms with Crippen LogP contribution in [-0.4, -0.2) is 30.6 Å². The molecular formula is C17H25N3S. The minimum atomic E-state index is 0.221. The summed E-state index contributed by atoms with van der Waals surface area (Å²) in [5.74, 6) is 2.03. The summed E-state index contributed by atoms with van der Waals surface area (Å²) >= 11 is 1.88. The average molecular weight is 303 g/mol. The zero-order chi connectivity index (χ0) is 14.9. The largest absolute Gasteiger partial charge is 0.378 e. The first-order valence-corrected chi connectivity index (χ1v) is 8.82. The Morgan fingerprint density at radius 3 is 2.76 bits per heavy atom. The Morgan fingerprint density at radius 1 is 1.29 bits per heavy atom. The van der Waals surface area contributed by atoms with Crippen molar-refractivity contribution in [2.45, 2.75) is 38.1 Å². The van der Waals surface area contributed by atoms with E-state index in [1.54, 1.807) is 0 Å². The summed E-state index contributed by atoms with van der Waals surface area (Å²) in [5.41, 5.74) is 2.57. The molecule has 1 aliphatic heterocycles. The predicted molar refractivity (Wildman–Crippen MR) is 94.6 cm³/mol. The first-order valence-electron chi connectivity index (χ1n) is 7.83. The topological polar surface area (TPSA) is 27.6 Å². The van der Waals surface area contributed by atoms with Crippen molar-refractivity contribution in [2.75, 3.05) is 30.1 Å². The first kappa shape index (κ1) is 14.8. The van der Waals surface area contributed by atoms with Gasteiger partial charge in [0.1, 0.15) is 0 Å². The zero-order valence-corrected chi connectivity index (χ0v) is 14.0. The van der Waals surface area contributed by atoms with Gasteiger partial charge in [-0.25, -0.2) is 0 Å². The Hall–Kier alpha value is -1.16. The van der Waals surface area contributed by atoms with E-state index < -0.39 is 0 Å². The number of benzene rings is 1. The number of thioether (sulfide) groups is 1. The summed E-state index contributed by atoms with van der Waals surface area (Å²) in [6.45, 7) is 2.37. The Kier molecular flexibility index (Phi) is 4.16. The standard InChI is InChI=1S/C17H25N3S/c1-13-7-9-17(10-8-13)12-21-16(19-17)18-14-5-4-6-15(11-14)20(2)3/h4-6,11,13H,7-10,12H2,1-3H3,(H,18,19). The second-order valence-corrected chi connectivity index (χ2v) is 7.65. The quantitative estimate of drug-likeness (QED) is 0.886. The maximum atomic E-state index is 5.04. The van der Waals surface area contributed by atoms with Crippen molar-refractivity contribution in [3.8, 4) is 0 Å². The SMILES string of the molecule is CC1CCC2(CC1)CSC(Nc1cccc(N(C)C)c1)=N2. The third kappa shape index (κ3) is 3.37. The van der Waals surface area contributed by atoms with Crippen molar-refractivity contribution >= 4 is 28.3 Å². The lowest BCUT2D eigenvalue weighted by Crippen LogP contribution is -2.32. The van der Waals surface area contributed by atoms with Crippen LogP contribution in [0.3, 0.4) is 0 Å². The lowest BCUT2D eigenvalue weighted by molar-refractivity contribution is 0.273. The molecule has 1 fully saturated rings. The molecule has 0 aromatic heterocycles. The van der Waals surface area contributed by atoms with Gasteiger partial charge in [-0.05, 0) is 49.8 Å². The lowest BCUT2D eigenvalue weighted by atomic mass is 9.79. The number of aliphatic imine (C=N–C) groups is 1. The smallest absolute Gasteiger partial charge is 0.161 e. The molecule has 3 rings (SSSR count). The van der Waals surface area contributed by atoms with Gasteiger partial charge in [0, 0.05) is 31.2 Å². The normalized spacial score (nSPS) is 28.5. The highest BCUT2D eigenvalue weighted by molar-refractivity contribution is 8.14. The molecule has 1 aromatic rings. The minimum absolute atomic E-state index is 0.221. The second-order valence-electron chi connectivity index (χ2n) is 6.68. The molecular weight excluding hydrogens is 278 g/mol. The molecule has 1 saturated carbocycles. The number of hydrogen-bond acceptors (Lipinski definition) is 4. The minimum Gasteiger partial charge on any atom is -0.378 e. The monoisotopic (exact) mass is 303 g/mol. The molecule has 3 nitrogen and oxygen atoms in total. The van der Waals surface area contributed by atoms with Crippen molar-refractivity contribution in [1.82, 2.24) is 0 Å². The van der Waals surface area contributed by atoms with Crippen molar-refractivity contribution in [1.29, 1.82) is 0 Å². The number of nitrogens with zero attached hydrogens (tertiary/aromatic N) is 2. The number of nitrogens with one attached hydrogen (secondary N) is 1. The van der Waals surface area contributed by atoms with Gasteiger partial charge in [-0.1, -0.05) is 24.8 Å². The van der Waals surface area contributed by atoms with Gasteiger partial charge in [0.25, 0.3) is 0 Å². The highest BCUT2D eigenvalue weighted by Crippen LogP contribution is 2.41. The second kappa shape index (κ2) is 5.91. The molecule has 1 aromatic carbocycles. The van der Waals surface area contributed by atoms with Gasteiger partial charge in [0.15, 0.2) is 5.17 Å². The van der Waals surface area contributed by atoms with Crippen LogP contribution >= 0.6 is 11.8 Å². The van der Waals surface area contributed by atoms with Crippen LogP contribution in [0.1, 0.15) is 32.6 Å². The third-order valence-corrected chi connectivity index (χ3v) is 5.78. The van der Waals surface area contributed by atoms with E-state index >= 15 is 0 Å². The van der Waals surface area contributed by atoms with Crippen LogP contribution in [0.2, 0.25) is 0 Å². The summed E-state index contributed by atoms with van der Waals surface area (Å²) in [6, 6.07) is 8.51. The van der Waals surface area contributed by atoms with Crippen LogP contribution in [0.25, 0.3) is 0 Å². The summed E-state index contributed by atoms with van der Waals surface area (Å²) in [5, 5.41) is 4.60. The van der Waals surface area contributed by atoms with E-state index in [0.29, 0.717) is 0 Å². The molecule has 1 spiro atoms. The Labute approximate surface area is 132 Å². The Balaban J connectivity index is 1.70. The van der Waals surface area contributed by atoms with Gasteiger partial charge >= 0.3 is 0 Å². The van der Waals surface area contributed by atoms with Crippen molar-refractivity contribution in [2.24, 2.45) is 10.9 Å². The molecule has 1 N–H and O–H groups in total. The fourth-order valence-corrected chi connectivity index (χ4v) is 4.29. The van der Waals surface area contributed by atoms with Crippen molar-refractivity contribution in [3.63, 3.8) is 0 Å². The molecule has 0 saturated heterocycles. The number of amidine groups is 1. The lowest BCUT2D eigenvalue weighted by Gasteiger charge is -2.32. The highest BCUT2D eigenvalue weighted by atomic mass is 32.2. The van der Waals surface area contributed by atoms with E-state index in [9.17, 15) is 0 Å². The molecule has 0 bridgehead atoms. The van der Waals surface area contributed by atoms with E-state index in [1.165, 1.54) is 31.4 Å². The molecule has 1 aliphatic carbocycles. The maximum Gasteiger partial charge on any atom is 0.161 e. The van der Waals surface area contributed by atoms with Gasteiger partial charge in [0.05, 0.1) is 5.54 Å². The van der Waals surface area contributed by atoms with Gasteiger partial charge < -0.3 is 10.2 Å². The van der Waals surface area contributed by atoms with Crippen molar-refractivity contribution in [3.05, 3.63) is 24.3 Å². The van der Waals surface area contributed by atoms with E-state index in [-0.39, 0.29) is 5.54 Å². The average Bonchev–Trinajstić information content (AvgIpc) is 2.86. The molecule has 0 amide bonds. The zero-order valence-electron chi connectivity index (χ0n) is 13.2.